The molecule has 0 aliphatic carbocycles. The fourth-order valence-corrected chi connectivity index (χ4v) is 1.79. The molecule has 0 saturated carbocycles. The first-order valence-electron chi connectivity index (χ1n) is 4.19. The molecule has 0 spiro atoms. The van der Waals surface area contributed by atoms with Gasteiger partial charge in [-0.25, -0.2) is 0 Å². The average Bonchev–Trinajstić information content (AvgIpc) is 2.28. The van der Waals surface area contributed by atoms with Crippen LogP contribution >= 0.6 is 43.5 Å². The Morgan fingerprint density at radius 3 is 1.94 bits per heavy atom. The van der Waals surface area contributed by atoms with E-state index in [0.29, 0.717) is 5.02 Å². The van der Waals surface area contributed by atoms with E-state index in [9.17, 15) is 4.79 Å². The largest absolute Gasteiger partial charge is 0.367 e. The second-order valence-electron chi connectivity index (χ2n) is 2.65. The van der Waals surface area contributed by atoms with Crippen LogP contribution in [-0.2, 0) is 0 Å². The topological polar surface area (TPSA) is 45.8 Å². The second-order valence-corrected chi connectivity index (χ2v) is 4.74. The van der Waals surface area contributed by atoms with Gasteiger partial charge in [0.25, 0.3) is 0 Å². The summed E-state index contributed by atoms with van der Waals surface area (Å²) >= 11 is 12.2. The predicted molar refractivity (Wildman–Crippen MR) is 71.7 cm³/mol. The molecule has 0 fully saturated rings. The highest BCUT2D eigenvalue weighted by molar-refractivity contribution is 9.11. The van der Waals surface area contributed by atoms with Gasteiger partial charge in [0.05, 0.1) is 14.0 Å². The molecule has 1 N–H and O–H groups in total. The fourth-order valence-electron chi connectivity index (χ4n) is 0.767. The summed E-state index contributed by atoms with van der Waals surface area (Å²) in [5.41, 5.74) is 0.0405. The van der Waals surface area contributed by atoms with Crippen molar-refractivity contribution in [2.24, 2.45) is 0 Å². The first kappa shape index (κ1) is 13.4. The van der Waals surface area contributed by atoms with Gasteiger partial charge in [-0.2, -0.15) is 0 Å². The van der Waals surface area contributed by atoms with Gasteiger partial charge in [-0.05, 0) is 31.9 Å². The number of aromatic nitrogens is 2. The molecule has 0 aromatic carbocycles. The van der Waals surface area contributed by atoms with Gasteiger partial charge in [-0.1, -0.05) is 11.6 Å². The zero-order valence-corrected chi connectivity index (χ0v) is 11.9. The first-order chi connectivity index (χ1) is 7.61. The van der Waals surface area contributed by atoms with Crippen LogP contribution in [0.3, 0.4) is 0 Å². The Labute approximate surface area is 114 Å². The average molecular weight is 366 g/mol. The number of aromatic amines is 1. The zero-order chi connectivity index (χ0) is 12.0. The number of pyridine rings is 2. The summed E-state index contributed by atoms with van der Waals surface area (Å²) < 4.78 is 1.61. The van der Waals surface area contributed by atoms with Crippen LogP contribution in [0.25, 0.3) is 0 Å². The number of nitrogens with zero attached hydrogens (tertiary/aromatic N) is 1. The molecule has 0 saturated heterocycles. The molecule has 0 radical (unpaired) electrons. The van der Waals surface area contributed by atoms with E-state index in [1.165, 1.54) is 12.1 Å². The lowest BCUT2D eigenvalue weighted by atomic mass is 10.5. The normalized spacial score (nSPS) is 9.19. The van der Waals surface area contributed by atoms with Crippen LogP contribution < -0.4 is 5.43 Å². The third-order valence-electron chi connectivity index (χ3n) is 1.48. The maximum absolute atomic E-state index is 10.2. The summed E-state index contributed by atoms with van der Waals surface area (Å²) in [6, 6.07) is 2.94. The summed E-state index contributed by atoms with van der Waals surface area (Å²) in [5.74, 6) is 0. The maximum Gasteiger partial charge on any atom is 0.181 e. The molecule has 2 aromatic rings. The fraction of sp³-hybridized carbons (Fsp3) is 0. The summed E-state index contributed by atoms with van der Waals surface area (Å²) in [6.45, 7) is 0. The molecule has 2 heterocycles. The highest BCUT2D eigenvalue weighted by Crippen LogP contribution is 2.28. The van der Waals surface area contributed by atoms with Gasteiger partial charge in [0.15, 0.2) is 5.43 Å². The quantitative estimate of drug-likeness (QED) is 0.774. The van der Waals surface area contributed by atoms with Crippen molar-refractivity contribution in [3.05, 3.63) is 61.1 Å². The maximum atomic E-state index is 10.2. The van der Waals surface area contributed by atoms with Crippen molar-refractivity contribution < 1.29 is 0 Å². The van der Waals surface area contributed by atoms with Crippen molar-refractivity contribution in [2.45, 2.75) is 0 Å². The minimum absolute atomic E-state index is 0.0405. The Bertz CT molecular complexity index is 478. The van der Waals surface area contributed by atoms with E-state index in [1.807, 2.05) is 0 Å². The van der Waals surface area contributed by atoms with Crippen molar-refractivity contribution >= 4 is 43.5 Å². The highest BCUT2D eigenvalue weighted by atomic mass is 79.9. The minimum Gasteiger partial charge on any atom is -0.367 e. The lowest BCUT2D eigenvalue weighted by molar-refractivity contribution is 1.29. The molecule has 6 heteroatoms. The van der Waals surface area contributed by atoms with Crippen LogP contribution in [0.5, 0.6) is 0 Å². The van der Waals surface area contributed by atoms with Crippen LogP contribution in [0.15, 0.2) is 50.7 Å². The Kier molecular flexibility index (Phi) is 5.73. The van der Waals surface area contributed by atoms with Crippen LogP contribution in [0.1, 0.15) is 0 Å². The van der Waals surface area contributed by atoms with Crippen molar-refractivity contribution in [2.75, 3.05) is 0 Å². The molecule has 3 nitrogen and oxygen atoms in total. The van der Waals surface area contributed by atoms with Gasteiger partial charge >= 0.3 is 0 Å². The molecule has 84 valence electrons. The Hall–Kier alpha value is -0.650. The predicted octanol–water partition coefficient (Wildman–Crippen LogP) is 3.63. The third-order valence-corrected chi connectivity index (χ3v) is 3.55. The molecule has 0 bridgehead atoms. The molecule has 0 aliphatic rings. The van der Waals surface area contributed by atoms with Crippen LogP contribution in [0, 0.1) is 0 Å². The highest BCUT2D eigenvalue weighted by Gasteiger charge is 1.99. The molecular weight excluding hydrogens is 359 g/mol. The van der Waals surface area contributed by atoms with Gasteiger partial charge in [0.2, 0.25) is 0 Å². The Morgan fingerprint density at radius 2 is 1.62 bits per heavy atom. The smallest absolute Gasteiger partial charge is 0.181 e. The van der Waals surface area contributed by atoms with E-state index in [2.05, 4.69) is 41.8 Å². The van der Waals surface area contributed by atoms with E-state index in [1.54, 1.807) is 24.8 Å². The molecule has 0 atom stereocenters. The summed E-state index contributed by atoms with van der Waals surface area (Å²) in [6.07, 6.45) is 6.49. The lowest BCUT2D eigenvalue weighted by Crippen LogP contribution is -1.92. The molecule has 16 heavy (non-hydrogen) atoms. The van der Waals surface area contributed by atoms with E-state index in [0.717, 1.165) is 8.95 Å². The molecular formula is C10H7Br2ClN2O. The summed E-state index contributed by atoms with van der Waals surface area (Å²) in [4.78, 5) is 16.8. The molecule has 0 aliphatic heterocycles. The van der Waals surface area contributed by atoms with E-state index in [-0.39, 0.29) is 5.43 Å². The number of halogens is 3. The Morgan fingerprint density at radius 1 is 1.12 bits per heavy atom. The number of H-pyrrole nitrogens is 1. The van der Waals surface area contributed by atoms with Crippen LogP contribution in [0.4, 0.5) is 0 Å². The van der Waals surface area contributed by atoms with Crippen molar-refractivity contribution in [3.63, 3.8) is 0 Å². The van der Waals surface area contributed by atoms with E-state index >= 15 is 0 Å². The van der Waals surface area contributed by atoms with Gasteiger partial charge < -0.3 is 4.98 Å². The Balaban J connectivity index is 0.000000165. The van der Waals surface area contributed by atoms with E-state index in [4.69, 9.17) is 11.6 Å². The first-order valence-corrected chi connectivity index (χ1v) is 6.15. The van der Waals surface area contributed by atoms with Crippen molar-refractivity contribution in [1.82, 2.24) is 9.97 Å². The van der Waals surface area contributed by atoms with Gasteiger partial charge in [-0.15, -0.1) is 0 Å². The molecule has 0 unspecified atom stereocenters. The molecule has 2 aromatic heterocycles. The second kappa shape index (κ2) is 6.83. The number of rotatable bonds is 0. The standard InChI is InChI=1S/C5H2Br2ClN.C5H5NO/c6-3-1-9-2-4(7)5(3)8;7-5-1-3-6-4-2-5/h1-2H;1-4H,(H,6,7). The van der Waals surface area contributed by atoms with Crippen molar-refractivity contribution in [3.8, 4) is 0 Å². The third kappa shape index (κ3) is 4.47. The molecule has 0 amide bonds. The van der Waals surface area contributed by atoms with Crippen LogP contribution in [-0.4, -0.2) is 9.97 Å². The van der Waals surface area contributed by atoms with E-state index < -0.39 is 0 Å². The SMILES string of the molecule is Clc1c(Br)cncc1Br.O=c1cc[nH]cc1. The molecule has 2 rings (SSSR count). The number of hydrogen-bond donors (Lipinski definition) is 1. The lowest BCUT2D eigenvalue weighted by Gasteiger charge is -1.94. The van der Waals surface area contributed by atoms with Gasteiger partial charge in [-0.3, -0.25) is 9.78 Å². The number of nitrogens with one attached hydrogen (secondary N) is 1. The van der Waals surface area contributed by atoms with Gasteiger partial charge in [0.1, 0.15) is 0 Å². The van der Waals surface area contributed by atoms with Crippen LogP contribution in [0.2, 0.25) is 5.02 Å². The summed E-state index contributed by atoms with van der Waals surface area (Å²) in [5, 5.41) is 0.657. The number of hydrogen-bond acceptors (Lipinski definition) is 2. The monoisotopic (exact) mass is 364 g/mol. The summed E-state index contributed by atoms with van der Waals surface area (Å²) in [7, 11) is 0. The van der Waals surface area contributed by atoms with Crippen molar-refractivity contribution in [1.29, 1.82) is 0 Å². The van der Waals surface area contributed by atoms with Gasteiger partial charge in [0, 0.05) is 36.9 Å². The zero-order valence-electron chi connectivity index (χ0n) is 7.95. The minimum atomic E-state index is 0.0405.